The molecule has 0 radical (unpaired) electrons. The molecule has 3 atom stereocenters. The van der Waals surface area contributed by atoms with Crippen molar-refractivity contribution in [2.45, 2.75) is 77.4 Å². The van der Waals surface area contributed by atoms with Crippen LogP contribution in [0.15, 0.2) is 0 Å². The van der Waals surface area contributed by atoms with Gasteiger partial charge in [0.1, 0.15) is 5.54 Å². The van der Waals surface area contributed by atoms with E-state index in [1.807, 2.05) is 13.8 Å². The highest BCUT2D eigenvalue weighted by molar-refractivity contribution is 5.80. The second kappa shape index (κ2) is 7.10. The lowest BCUT2D eigenvalue weighted by molar-refractivity contribution is -0.151. The summed E-state index contributed by atoms with van der Waals surface area (Å²) in [5.41, 5.74) is -0.553. The number of piperidine rings is 1. The quantitative estimate of drug-likeness (QED) is 0.699. The van der Waals surface area contributed by atoms with Gasteiger partial charge in [0.05, 0.1) is 6.61 Å². The number of ether oxygens (including phenoxy) is 1. The number of carbonyl (C=O) groups is 1. The molecule has 3 unspecified atom stereocenters. The Hall–Kier alpha value is -0.610. The lowest BCUT2D eigenvalue weighted by Crippen LogP contribution is -2.53. The van der Waals surface area contributed by atoms with Gasteiger partial charge in [-0.1, -0.05) is 0 Å². The minimum absolute atomic E-state index is 0.110. The van der Waals surface area contributed by atoms with E-state index in [0.717, 1.165) is 31.3 Å². The Morgan fingerprint density at radius 3 is 2.71 bits per heavy atom. The highest BCUT2D eigenvalue weighted by Crippen LogP contribution is 2.37. The number of carbonyl (C=O) groups excluding carboxylic acids is 1. The van der Waals surface area contributed by atoms with Crippen molar-refractivity contribution in [1.82, 2.24) is 10.2 Å². The van der Waals surface area contributed by atoms with E-state index >= 15 is 0 Å². The molecule has 1 N–H and O–H groups in total. The molecule has 0 spiro atoms. The second-order valence-electron chi connectivity index (χ2n) is 7.28. The first kappa shape index (κ1) is 16.8. The van der Waals surface area contributed by atoms with Crippen molar-refractivity contribution in [2.24, 2.45) is 5.92 Å². The maximum atomic E-state index is 12.3. The van der Waals surface area contributed by atoms with Gasteiger partial charge in [-0.15, -0.1) is 0 Å². The Morgan fingerprint density at radius 2 is 2.19 bits per heavy atom. The van der Waals surface area contributed by atoms with E-state index in [2.05, 4.69) is 24.1 Å². The van der Waals surface area contributed by atoms with E-state index in [9.17, 15) is 4.79 Å². The molecule has 0 aromatic carbocycles. The minimum Gasteiger partial charge on any atom is -0.465 e. The maximum Gasteiger partial charge on any atom is 0.326 e. The van der Waals surface area contributed by atoms with E-state index in [0.29, 0.717) is 6.61 Å². The van der Waals surface area contributed by atoms with E-state index in [1.54, 1.807) is 0 Å². The molecule has 4 heteroatoms. The lowest BCUT2D eigenvalue weighted by Gasteiger charge is -2.32. The third-order valence-electron chi connectivity index (χ3n) is 4.98. The Morgan fingerprint density at radius 1 is 1.43 bits per heavy atom. The van der Waals surface area contributed by atoms with E-state index in [-0.39, 0.29) is 12.0 Å². The summed E-state index contributed by atoms with van der Waals surface area (Å²) in [6.07, 6.45) is 6.11. The van der Waals surface area contributed by atoms with Gasteiger partial charge < -0.3 is 9.64 Å². The number of nitrogens with one attached hydrogen (secondary N) is 1. The molecule has 2 bridgehead atoms. The zero-order valence-electron chi connectivity index (χ0n) is 14.2. The largest absolute Gasteiger partial charge is 0.465 e. The van der Waals surface area contributed by atoms with Gasteiger partial charge in [0, 0.05) is 18.6 Å². The van der Waals surface area contributed by atoms with Gasteiger partial charge in [0.2, 0.25) is 0 Å². The Labute approximate surface area is 129 Å². The summed E-state index contributed by atoms with van der Waals surface area (Å²) >= 11 is 0. The van der Waals surface area contributed by atoms with E-state index in [1.165, 1.54) is 25.8 Å². The molecule has 0 aromatic heterocycles. The normalized spacial score (nSPS) is 28.0. The summed E-state index contributed by atoms with van der Waals surface area (Å²) in [5.74, 6) is 0.835. The number of esters is 1. The Kier molecular flexibility index (Phi) is 5.67. The van der Waals surface area contributed by atoms with Gasteiger partial charge in [0.15, 0.2) is 0 Å². The van der Waals surface area contributed by atoms with Crippen molar-refractivity contribution < 1.29 is 9.53 Å². The fraction of sp³-hybridized carbons (Fsp3) is 0.941. The van der Waals surface area contributed by atoms with Crippen LogP contribution in [0.4, 0.5) is 0 Å². The zero-order chi connectivity index (χ0) is 15.5. The highest BCUT2D eigenvalue weighted by Gasteiger charge is 2.38. The molecule has 0 aromatic rings. The van der Waals surface area contributed by atoms with Crippen molar-refractivity contribution in [2.75, 3.05) is 19.7 Å². The van der Waals surface area contributed by atoms with Crippen LogP contribution in [0, 0.1) is 5.92 Å². The van der Waals surface area contributed by atoms with Gasteiger partial charge in [-0.25, -0.2) is 0 Å². The number of likely N-dealkylation sites (tertiary alicyclic amines) is 1. The molecule has 1 aliphatic heterocycles. The number of nitrogens with zero attached hydrogens (tertiary/aromatic N) is 1. The SMILES string of the molecule is CCOC(=O)C(C)(CCCN1CC2CCC1C2)NC(C)C. The van der Waals surface area contributed by atoms with Crippen LogP contribution in [0.2, 0.25) is 0 Å². The van der Waals surface area contributed by atoms with Crippen LogP contribution in [0.25, 0.3) is 0 Å². The summed E-state index contributed by atoms with van der Waals surface area (Å²) < 4.78 is 5.26. The van der Waals surface area contributed by atoms with Gasteiger partial charge >= 0.3 is 5.97 Å². The molecule has 4 nitrogen and oxygen atoms in total. The van der Waals surface area contributed by atoms with Crippen LogP contribution in [0.5, 0.6) is 0 Å². The smallest absolute Gasteiger partial charge is 0.326 e. The number of hydrogen-bond donors (Lipinski definition) is 1. The molecule has 0 amide bonds. The molecular formula is C17H32N2O2. The third-order valence-corrected chi connectivity index (χ3v) is 4.98. The zero-order valence-corrected chi connectivity index (χ0v) is 14.2. The highest BCUT2D eigenvalue weighted by atomic mass is 16.5. The standard InChI is InChI=1S/C17H32N2O2/c1-5-21-16(20)17(4,18-13(2)3)9-6-10-19-12-14-7-8-15(19)11-14/h13-15,18H,5-12H2,1-4H3. The molecular weight excluding hydrogens is 264 g/mol. The van der Waals surface area contributed by atoms with Crippen molar-refractivity contribution >= 4 is 5.97 Å². The van der Waals surface area contributed by atoms with Crippen LogP contribution in [0.3, 0.4) is 0 Å². The third kappa shape index (κ3) is 4.19. The molecule has 1 heterocycles. The number of fused-ring (bicyclic) bond motifs is 2. The van der Waals surface area contributed by atoms with Crippen LogP contribution >= 0.6 is 0 Å². The topological polar surface area (TPSA) is 41.6 Å². The first-order chi connectivity index (χ1) is 9.94. The maximum absolute atomic E-state index is 12.3. The average Bonchev–Trinajstić information content (AvgIpc) is 3.00. The number of rotatable bonds is 8. The summed E-state index contributed by atoms with van der Waals surface area (Å²) in [5, 5.41) is 3.41. The van der Waals surface area contributed by atoms with Crippen molar-refractivity contribution in [3.63, 3.8) is 0 Å². The summed E-state index contributed by atoms with van der Waals surface area (Å²) in [6.45, 7) is 10.9. The summed E-state index contributed by atoms with van der Waals surface area (Å²) in [6, 6.07) is 1.10. The van der Waals surface area contributed by atoms with Crippen LogP contribution < -0.4 is 5.32 Å². The van der Waals surface area contributed by atoms with Gasteiger partial charge in [-0.2, -0.15) is 0 Å². The summed E-state index contributed by atoms with van der Waals surface area (Å²) in [4.78, 5) is 14.9. The monoisotopic (exact) mass is 296 g/mol. The van der Waals surface area contributed by atoms with Gasteiger partial charge in [-0.3, -0.25) is 10.1 Å². The predicted octanol–water partition coefficient (Wildman–Crippen LogP) is 2.57. The van der Waals surface area contributed by atoms with E-state index < -0.39 is 5.54 Å². The Balaban J connectivity index is 1.82. The van der Waals surface area contributed by atoms with Gasteiger partial charge in [-0.05, 0) is 72.3 Å². The van der Waals surface area contributed by atoms with Crippen LogP contribution in [-0.4, -0.2) is 48.2 Å². The molecule has 21 heavy (non-hydrogen) atoms. The van der Waals surface area contributed by atoms with Gasteiger partial charge in [0.25, 0.3) is 0 Å². The van der Waals surface area contributed by atoms with Crippen LogP contribution in [0.1, 0.15) is 59.8 Å². The molecule has 1 saturated carbocycles. The minimum atomic E-state index is -0.553. The molecule has 1 saturated heterocycles. The lowest BCUT2D eigenvalue weighted by atomic mass is 9.94. The molecule has 1 aliphatic carbocycles. The molecule has 2 aliphatic rings. The van der Waals surface area contributed by atoms with Crippen molar-refractivity contribution in [3.05, 3.63) is 0 Å². The summed E-state index contributed by atoms with van der Waals surface area (Å²) in [7, 11) is 0. The van der Waals surface area contributed by atoms with Crippen LogP contribution in [-0.2, 0) is 9.53 Å². The fourth-order valence-electron chi connectivity index (χ4n) is 4.10. The first-order valence-corrected chi connectivity index (χ1v) is 8.63. The van der Waals surface area contributed by atoms with Crippen molar-refractivity contribution in [1.29, 1.82) is 0 Å². The fourth-order valence-corrected chi connectivity index (χ4v) is 4.10. The molecule has 2 fully saturated rings. The van der Waals surface area contributed by atoms with Crippen molar-refractivity contribution in [3.8, 4) is 0 Å². The first-order valence-electron chi connectivity index (χ1n) is 8.63. The average molecular weight is 296 g/mol. The second-order valence-corrected chi connectivity index (χ2v) is 7.28. The Bertz CT molecular complexity index is 359. The number of hydrogen-bond acceptors (Lipinski definition) is 4. The molecule has 2 rings (SSSR count). The van der Waals surface area contributed by atoms with E-state index in [4.69, 9.17) is 4.74 Å². The molecule has 122 valence electrons. The predicted molar refractivity (Wildman–Crippen MR) is 85.2 cm³/mol.